The van der Waals surface area contributed by atoms with Crippen molar-refractivity contribution >= 4 is 11.6 Å². The topological polar surface area (TPSA) is 101 Å². The molecule has 7 atom stereocenters. The van der Waals surface area contributed by atoms with Crippen molar-refractivity contribution in [2.75, 3.05) is 66.0 Å². The van der Waals surface area contributed by atoms with E-state index in [1.807, 2.05) is 20.8 Å². The third-order valence-electron chi connectivity index (χ3n) is 10.1. The van der Waals surface area contributed by atoms with Gasteiger partial charge in [-0.25, -0.2) is 13.8 Å². The van der Waals surface area contributed by atoms with Crippen molar-refractivity contribution in [2.24, 2.45) is 16.6 Å². The third-order valence-corrected chi connectivity index (χ3v) is 10.1. The van der Waals surface area contributed by atoms with E-state index in [1.54, 1.807) is 0 Å². The van der Waals surface area contributed by atoms with Crippen molar-refractivity contribution in [1.82, 2.24) is 30.7 Å². The molecule has 1 amide bonds. The number of nitrogens with one attached hydrogen (secondary N) is 3. The van der Waals surface area contributed by atoms with E-state index >= 15 is 8.78 Å². The van der Waals surface area contributed by atoms with Gasteiger partial charge in [-0.3, -0.25) is 14.6 Å². The highest BCUT2D eigenvalue weighted by molar-refractivity contribution is 5.96. The van der Waals surface area contributed by atoms with Crippen LogP contribution in [0.4, 0.5) is 8.78 Å². The lowest BCUT2D eigenvalue weighted by atomic mass is 9.91. The third kappa shape index (κ3) is 11.5. The van der Waals surface area contributed by atoms with Gasteiger partial charge in [0.15, 0.2) is 0 Å². The highest BCUT2D eigenvalue weighted by Crippen LogP contribution is 2.24. The lowest BCUT2D eigenvalue weighted by molar-refractivity contribution is -0.119. The lowest BCUT2D eigenvalue weighted by Gasteiger charge is -2.51. The Balaban J connectivity index is 1.69. The number of halogens is 2. The fraction of sp³-hybridized carbons (Fsp3) is 0.882. The highest BCUT2D eigenvalue weighted by atomic mass is 19.1. The second kappa shape index (κ2) is 19.2. The Bertz CT molecular complexity index is 964. The highest BCUT2D eigenvalue weighted by Gasteiger charge is 2.43. The molecule has 0 spiro atoms. The lowest BCUT2D eigenvalue weighted by Crippen LogP contribution is -2.70. The minimum absolute atomic E-state index is 0.126. The standard InChI is InChI=1S/C34H64F2N8O/c1-7-10-12-26(11-8-2)13-14-27(35)19-39-25(5)31(33(37)40-24(4)9-3)34(45)41-30-21-38-20-29(36)32(30)44-18-17-43-16-15-42(6)22-28(43)23-44/h25-30,32,38-39H,7-23,37H2,1-6H3,(H,41,45)/b33-31+,40-24-. The zero-order valence-electron chi connectivity index (χ0n) is 29.1. The van der Waals surface area contributed by atoms with E-state index in [0.29, 0.717) is 31.3 Å². The van der Waals surface area contributed by atoms with Crippen LogP contribution in [0.3, 0.4) is 0 Å². The summed E-state index contributed by atoms with van der Waals surface area (Å²) < 4.78 is 30.8. The van der Waals surface area contributed by atoms with Crippen LogP contribution in [0.25, 0.3) is 0 Å². The van der Waals surface area contributed by atoms with Crippen LogP contribution in [0.5, 0.6) is 0 Å². The molecule has 0 saturated carbocycles. The second-order valence-corrected chi connectivity index (χ2v) is 13.8. The minimum atomic E-state index is -1.11. The molecular weight excluding hydrogens is 574 g/mol. The number of carbonyl (C=O) groups excluding carboxylic acids is 1. The first kappa shape index (κ1) is 37.8. The first-order chi connectivity index (χ1) is 21.6. The maximum absolute atomic E-state index is 15.6. The average molecular weight is 639 g/mol. The van der Waals surface area contributed by atoms with Crippen LogP contribution in [0.1, 0.15) is 86.0 Å². The van der Waals surface area contributed by atoms with Gasteiger partial charge in [0.2, 0.25) is 0 Å². The van der Waals surface area contributed by atoms with E-state index < -0.39 is 30.5 Å². The Morgan fingerprint density at radius 3 is 2.47 bits per heavy atom. The molecular formula is C34H64F2N8O. The number of hydrogen-bond donors (Lipinski definition) is 4. The largest absolute Gasteiger partial charge is 0.383 e. The number of rotatable bonds is 17. The molecule has 0 bridgehead atoms. The zero-order valence-corrected chi connectivity index (χ0v) is 29.1. The molecule has 3 heterocycles. The van der Waals surface area contributed by atoms with Crippen molar-refractivity contribution in [2.45, 2.75) is 122 Å². The smallest absolute Gasteiger partial charge is 0.252 e. The van der Waals surface area contributed by atoms with Gasteiger partial charge >= 0.3 is 0 Å². The van der Waals surface area contributed by atoms with Crippen LogP contribution >= 0.6 is 0 Å². The molecule has 45 heavy (non-hydrogen) atoms. The van der Waals surface area contributed by atoms with Gasteiger partial charge in [-0.15, -0.1) is 0 Å². The number of hydrogen-bond acceptors (Lipinski definition) is 8. The van der Waals surface area contributed by atoms with Crippen LogP contribution in [0.15, 0.2) is 16.4 Å². The Hall–Kier alpha value is -1.66. The van der Waals surface area contributed by atoms with Gasteiger partial charge in [-0.2, -0.15) is 0 Å². The van der Waals surface area contributed by atoms with E-state index in [0.717, 1.165) is 77.1 Å². The molecule has 260 valence electrons. The normalized spacial score (nSPS) is 28.2. The van der Waals surface area contributed by atoms with Crippen molar-refractivity contribution in [3.05, 3.63) is 11.4 Å². The summed E-state index contributed by atoms with van der Waals surface area (Å²) in [7, 11) is 2.14. The maximum Gasteiger partial charge on any atom is 0.252 e. The van der Waals surface area contributed by atoms with Crippen molar-refractivity contribution in [3.8, 4) is 0 Å². The van der Waals surface area contributed by atoms with Gasteiger partial charge < -0.3 is 26.6 Å². The number of piperidine rings is 1. The maximum atomic E-state index is 15.6. The summed E-state index contributed by atoms with van der Waals surface area (Å²) >= 11 is 0. The number of amides is 1. The average Bonchev–Trinajstić information content (AvgIpc) is 3.01. The number of piperazine rings is 2. The quantitative estimate of drug-likeness (QED) is 0.143. The van der Waals surface area contributed by atoms with Gasteiger partial charge in [0.1, 0.15) is 18.2 Å². The van der Waals surface area contributed by atoms with Crippen molar-refractivity contribution in [1.29, 1.82) is 0 Å². The zero-order chi connectivity index (χ0) is 32.9. The number of unbranched alkanes of at least 4 members (excludes halogenated alkanes) is 1. The number of fused-ring (bicyclic) bond motifs is 1. The van der Waals surface area contributed by atoms with Crippen LogP contribution in [0.2, 0.25) is 0 Å². The second-order valence-electron chi connectivity index (χ2n) is 13.8. The summed E-state index contributed by atoms with van der Waals surface area (Å²) in [5.41, 5.74) is 7.55. The van der Waals surface area contributed by atoms with E-state index in [4.69, 9.17) is 5.73 Å². The van der Waals surface area contributed by atoms with Gasteiger partial charge in [0.25, 0.3) is 5.91 Å². The molecule has 5 N–H and O–H groups in total. The molecule has 3 rings (SSSR count). The fourth-order valence-corrected chi connectivity index (χ4v) is 7.28. The van der Waals surface area contributed by atoms with Crippen LogP contribution in [0, 0.1) is 5.92 Å². The summed E-state index contributed by atoms with van der Waals surface area (Å²) in [6.45, 7) is 16.5. The number of likely N-dealkylation sites (N-methyl/N-ethyl adjacent to an activating group) is 1. The first-order valence-corrected chi connectivity index (χ1v) is 17.8. The number of alkyl halides is 2. The summed E-state index contributed by atoms with van der Waals surface area (Å²) in [5, 5.41) is 9.55. The molecule has 0 aromatic rings. The van der Waals surface area contributed by atoms with Crippen LogP contribution in [-0.2, 0) is 4.79 Å². The number of carbonyl (C=O) groups is 1. The summed E-state index contributed by atoms with van der Waals surface area (Å²) in [6.07, 6.45) is 5.71. The van der Waals surface area contributed by atoms with E-state index in [2.05, 4.69) is 56.5 Å². The molecule has 3 saturated heterocycles. The van der Waals surface area contributed by atoms with Gasteiger partial charge in [-0.05, 0) is 46.1 Å². The van der Waals surface area contributed by atoms with Crippen LogP contribution in [-0.4, -0.2) is 129 Å². The number of nitrogens with two attached hydrogens (primary N) is 1. The fourth-order valence-electron chi connectivity index (χ4n) is 7.28. The van der Waals surface area contributed by atoms with Gasteiger partial charge in [0.05, 0.1) is 17.7 Å². The number of nitrogens with zero attached hydrogens (tertiary/aromatic N) is 4. The molecule has 7 unspecified atom stereocenters. The molecule has 3 aliphatic heterocycles. The molecule has 0 radical (unpaired) electrons. The molecule has 0 aromatic carbocycles. The Morgan fingerprint density at radius 2 is 1.76 bits per heavy atom. The Morgan fingerprint density at radius 1 is 1.02 bits per heavy atom. The molecule has 3 fully saturated rings. The Labute approximate surface area is 272 Å². The molecule has 0 aromatic heterocycles. The monoisotopic (exact) mass is 639 g/mol. The van der Waals surface area contributed by atoms with Gasteiger partial charge in [0, 0.05) is 76.7 Å². The molecule has 3 aliphatic rings. The predicted octanol–water partition coefficient (Wildman–Crippen LogP) is 3.46. The molecule has 9 nitrogen and oxygen atoms in total. The van der Waals surface area contributed by atoms with E-state index in [-0.39, 0.29) is 30.4 Å². The van der Waals surface area contributed by atoms with Gasteiger partial charge in [-0.1, -0.05) is 52.9 Å². The molecule has 11 heteroatoms. The van der Waals surface area contributed by atoms with Crippen molar-refractivity contribution in [3.63, 3.8) is 0 Å². The van der Waals surface area contributed by atoms with Crippen LogP contribution < -0.4 is 21.7 Å². The predicted molar refractivity (Wildman–Crippen MR) is 182 cm³/mol. The summed E-state index contributed by atoms with van der Waals surface area (Å²) in [4.78, 5) is 25.6. The molecule has 0 aliphatic carbocycles. The Kier molecular flexibility index (Phi) is 16.2. The first-order valence-electron chi connectivity index (χ1n) is 17.8. The summed E-state index contributed by atoms with van der Waals surface area (Å²) in [5.74, 6) is 0.313. The van der Waals surface area contributed by atoms with Crippen molar-refractivity contribution < 1.29 is 13.6 Å². The SMILES string of the molecule is CCCCC(CCC)CCC(F)CNC(C)/C(C(=O)NC1CNCC(F)C1N1CCN2CCN(C)CC2C1)=C(N)\N=C(\C)CC. The summed E-state index contributed by atoms with van der Waals surface area (Å²) in [6, 6.07) is -1.04. The number of aliphatic imine (C=N–C) groups is 1. The van der Waals surface area contributed by atoms with E-state index in [1.165, 1.54) is 6.42 Å². The van der Waals surface area contributed by atoms with E-state index in [9.17, 15) is 4.79 Å². The minimum Gasteiger partial charge on any atom is -0.383 e.